The van der Waals surface area contributed by atoms with Crippen LogP contribution in [0, 0.1) is 0 Å². The Morgan fingerprint density at radius 2 is 1.04 bits per heavy atom. The van der Waals surface area contributed by atoms with E-state index in [1.807, 2.05) is 13.8 Å². The number of oxime groups is 2. The van der Waals surface area contributed by atoms with Crippen LogP contribution in [0.25, 0.3) is 11.1 Å². The number of alkyl carbamates (subject to hydrolysis) is 2. The number of ketones is 2. The van der Waals surface area contributed by atoms with Crippen LogP contribution in [0.1, 0.15) is 98.1 Å². The summed E-state index contributed by atoms with van der Waals surface area (Å²) in [5, 5.41) is 13.1. The fourth-order valence-electron chi connectivity index (χ4n) is 5.47. The molecule has 0 saturated heterocycles. The van der Waals surface area contributed by atoms with Crippen LogP contribution in [0.5, 0.6) is 0 Å². The largest absolute Gasteiger partial charge is 0.453 e. The molecule has 0 bridgehead atoms. The Balaban J connectivity index is 2.27. The third kappa shape index (κ3) is 9.36. The SMILES string of the molecule is CCCC/C(=N\OC(C)=O)C(=O)c1ccc2c(c1)C(CNC(=O)OC)(CNC(=O)OC)c1cc(C(=O)/C(CCCC)=N/OC(C)=O)ccc1-2. The van der Waals surface area contributed by atoms with Gasteiger partial charge in [-0.3, -0.25) is 9.59 Å². The molecule has 262 valence electrons. The van der Waals surface area contributed by atoms with Crippen molar-refractivity contribution < 1.29 is 47.9 Å². The van der Waals surface area contributed by atoms with Crippen molar-refractivity contribution in [3.05, 3.63) is 58.7 Å². The van der Waals surface area contributed by atoms with E-state index in [1.165, 1.54) is 28.1 Å². The van der Waals surface area contributed by atoms with Gasteiger partial charge in [0.05, 0.1) is 19.6 Å². The van der Waals surface area contributed by atoms with Crippen molar-refractivity contribution in [3.63, 3.8) is 0 Å². The molecule has 0 aliphatic heterocycles. The maximum Gasteiger partial charge on any atom is 0.406 e. The number of ether oxygens (including phenoxy) is 2. The summed E-state index contributed by atoms with van der Waals surface area (Å²) in [5.41, 5.74) is 1.75. The summed E-state index contributed by atoms with van der Waals surface area (Å²) in [7, 11) is 2.42. The standard InChI is InChI=1S/C35H42N4O10/c1-7-9-11-29(38-48-21(3)40)31(42)23-13-15-25-26-16-14-24(32(43)30(12-10-8-2)39-49-22(4)41)18-28(26)35(27(25)17-23,19-36-33(44)46-5)20-37-34(45)47-6/h13-18H,7-12,19-20H2,1-6H3,(H,36,44)(H,37,45)/b38-29+,39-30+. The molecule has 0 fully saturated rings. The van der Waals surface area contributed by atoms with Gasteiger partial charge in [0.2, 0.25) is 11.6 Å². The van der Waals surface area contributed by atoms with E-state index in [-0.39, 0.29) is 48.5 Å². The third-order valence-electron chi connectivity index (χ3n) is 7.95. The van der Waals surface area contributed by atoms with E-state index in [9.17, 15) is 28.8 Å². The van der Waals surface area contributed by atoms with Crippen LogP contribution < -0.4 is 10.6 Å². The molecule has 0 spiro atoms. The Labute approximate surface area is 284 Å². The first kappa shape index (κ1) is 38.1. The van der Waals surface area contributed by atoms with E-state index < -0.39 is 41.1 Å². The highest BCUT2D eigenvalue weighted by Crippen LogP contribution is 2.49. The van der Waals surface area contributed by atoms with Crippen molar-refractivity contribution in [3.8, 4) is 11.1 Å². The molecule has 0 radical (unpaired) electrons. The summed E-state index contributed by atoms with van der Waals surface area (Å²) >= 11 is 0. The number of benzene rings is 2. The zero-order valence-corrected chi connectivity index (χ0v) is 28.6. The van der Waals surface area contributed by atoms with Crippen LogP contribution in [0.15, 0.2) is 46.7 Å². The monoisotopic (exact) mass is 678 g/mol. The lowest BCUT2D eigenvalue weighted by atomic mass is 9.76. The zero-order chi connectivity index (χ0) is 36.1. The molecule has 1 aliphatic rings. The van der Waals surface area contributed by atoms with Gasteiger partial charge in [-0.25, -0.2) is 19.2 Å². The topological polar surface area (TPSA) is 188 Å². The number of unbranched alkanes of at least 4 members (excludes halogenated alkanes) is 2. The van der Waals surface area contributed by atoms with Gasteiger partial charge in [-0.2, -0.15) is 0 Å². The van der Waals surface area contributed by atoms with Gasteiger partial charge >= 0.3 is 24.1 Å². The number of hydrogen-bond acceptors (Lipinski definition) is 12. The van der Waals surface area contributed by atoms with Crippen molar-refractivity contribution in [2.24, 2.45) is 10.3 Å². The molecular weight excluding hydrogens is 636 g/mol. The van der Waals surface area contributed by atoms with Gasteiger partial charge in [-0.1, -0.05) is 61.3 Å². The van der Waals surface area contributed by atoms with Gasteiger partial charge in [0, 0.05) is 38.1 Å². The number of fused-ring (bicyclic) bond motifs is 3. The maximum absolute atomic E-state index is 13.8. The number of amides is 2. The molecule has 3 rings (SSSR count). The number of nitrogens with one attached hydrogen (secondary N) is 2. The Kier molecular flexibility index (Phi) is 13.7. The molecule has 2 N–H and O–H groups in total. The number of carbonyl (C=O) groups excluding carboxylic acids is 6. The van der Waals surface area contributed by atoms with E-state index >= 15 is 0 Å². The highest BCUT2D eigenvalue weighted by molar-refractivity contribution is 6.46. The molecule has 2 amide bonds. The Morgan fingerprint density at radius 1 is 0.653 bits per heavy atom. The fraction of sp³-hybridized carbons (Fsp3) is 0.429. The average Bonchev–Trinajstić information content (AvgIpc) is 3.37. The maximum atomic E-state index is 13.8. The quantitative estimate of drug-likeness (QED) is 0.103. The van der Waals surface area contributed by atoms with Gasteiger partial charge in [-0.15, -0.1) is 0 Å². The third-order valence-corrected chi connectivity index (χ3v) is 7.95. The number of methoxy groups -OCH3 is 2. The normalized spacial score (nSPS) is 13.0. The summed E-state index contributed by atoms with van der Waals surface area (Å²) < 4.78 is 9.69. The molecule has 2 aromatic carbocycles. The molecule has 2 aromatic rings. The highest BCUT2D eigenvalue weighted by Gasteiger charge is 2.45. The van der Waals surface area contributed by atoms with E-state index in [2.05, 4.69) is 20.9 Å². The molecule has 0 saturated carbocycles. The summed E-state index contributed by atoms with van der Waals surface area (Å²) in [4.78, 5) is 85.1. The Bertz CT molecular complexity index is 1540. The van der Waals surface area contributed by atoms with Crippen molar-refractivity contribution in [2.45, 2.75) is 71.6 Å². The second-order valence-electron chi connectivity index (χ2n) is 11.4. The summed E-state index contributed by atoms with van der Waals surface area (Å²) in [5.74, 6) is -2.28. The number of nitrogens with zero attached hydrogens (tertiary/aromatic N) is 2. The fourth-order valence-corrected chi connectivity index (χ4v) is 5.47. The lowest BCUT2D eigenvalue weighted by Gasteiger charge is -2.32. The lowest BCUT2D eigenvalue weighted by molar-refractivity contribution is -0.141. The molecule has 14 nitrogen and oxygen atoms in total. The van der Waals surface area contributed by atoms with Crippen LogP contribution in [-0.2, 0) is 34.2 Å². The Morgan fingerprint density at radius 3 is 1.37 bits per heavy atom. The van der Waals surface area contributed by atoms with E-state index in [0.29, 0.717) is 35.1 Å². The lowest BCUT2D eigenvalue weighted by Crippen LogP contribution is -2.48. The molecule has 0 atom stereocenters. The summed E-state index contributed by atoms with van der Waals surface area (Å²) in [6, 6.07) is 9.98. The molecular formula is C35H42N4O10. The average molecular weight is 679 g/mol. The predicted molar refractivity (Wildman–Crippen MR) is 180 cm³/mol. The minimum Gasteiger partial charge on any atom is -0.453 e. The van der Waals surface area contributed by atoms with E-state index in [0.717, 1.165) is 12.8 Å². The van der Waals surface area contributed by atoms with Crippen molar-refractivity contribution in [1.29, 1.82) is 0 Å². The van der Waals surface area contributed by atoms with Gasteiger partial charge in [0.15, 0.2) is 0 Å². The van der Waals surface area contributed by atoms with Gasteiger partial charge in [-0.05, 0) is 60.1 Å². The smallest absolute Gasteiger partial charge is 0.406 e. The molecule has 49 heavy (non-hydrogen) atoms. The molecule has 0 unspecified atom stereocenters. The number of Topliss-reactive ketones (excluding diaryl/α,β-unsaturated/α-hetero) is 2. The molecule has 14 heteroatoms. The Hall–Kier alpha value is -5.40. The van der Waals surface area contributed by atoms with Crippen LogP contribution in [0.3, 0.4) is 0 Å². The second kappa shape index (κ2) is 17.7. The van der Waals surface area contributed by atoms with E-state index in [1.54, 1.807) is 36.4 Å². The highest BCUT2D eigenvalue weighted by atomic mass is 16.7. The first-order valence-electron chi connectivity index (χ1n) is 15.9. The summed E-state index contributed by atoms with van der Waals surface area (Å²) in [6.07, 6.45) is 1.79. The number of carbonyl (C=O) groups is 6. The first-order valence-corrected chi connectivity index (χ1v) is 15.9. The van der Waals surface area contributed by atoms with Gasteiger partial charge in [0.25, 0.3) is 0 Å². The van der Waals surface area contributed by atoms with Crippen molar-refractivity contribution in [2.75, 3.05) is 27.3 Å². The van der Waals surface area contributed by atoms with Gasteiger partial charge < -0.3 is 29.8 Å². The zero-order valence-electron chi connectivity index (χ0n) is 28.6. The van der Waals surface area contributed by atoms with Gasteiger partial charge in [0.1, 0.15) is 11.4 Å². The molecule has 1 aliphatic carbocycles. The van der Waals surface area contributed by atoms with Crippen LogP contribution >= 0.6 is 0 Å². The minimum atomic E-state index is -1.26. The second-order valence-corrected chi connectivity index (χ2v) is 11.4. The van der Waals surface area contributed by atoms with Crippen molar-refractivity contribution >= 4 is 47.1 Å². The van der Waals surface area contributed by atoms with Crippen LogP contribution in [0.2, 0.25) is 0 Å². The van der Waals surface area contributed by atoms with Crippen LogP contribution in [-0.4, -0.2) is 74.4 Å². The van der Waals surface area contributed by atoms with Crippen LogP contribution in [0.4, 0.5) is 9.59 Å². The number of hydrogen-bond donors (Lipinski definition) is 2. The first-order chi connectivity index (χ1) is 23.4. The molecule has 0 heterocycles. The predicted octanol–water partition coefficient (Wildman–Crippen LogP) is 5.25. The molecule has 0 aromatic heterocycles. The minimum absolute atomic E-state index is 0.0537. The number of rotatable bonds is 16. The van der Waals surface area contributed by atoms with E-state index in [4.69, 9.17) is 19.1 Å². The van der Waals surface area contributed by atoms with Crippen molar-refractivity contribution in [1.82, 2.24) is 10.6 Å². The summed E-state index contributed by atoms with van der Waals surface area (Å²) in [6.45, 7) is 6.00.